The number of hydrogen-bond acceptors (Lipinski definition) is 6. The monoisotopic (exact) mass is 957 g/mol. The number of carboxylic acids is 2. The summed E-state index contributed by atoms with van der Waals surface area (Å²) in [7, 11) is 0. The molecule has 2 N–H and O–H groups in total. The Labute approximate surface area is 427 Å². The molecule has 2 aromatic rings. The van der Waals surface area contributed by atoms with Crippen LogP contribution in [-0.4, -0.2) is 34.1 Å². The van der Waals surface area contributed by atoms with Crippen molar-refractivity contribution in [2.45, 2.75) is 177 Å². The average molecular weight is 959 g/mol. The summed E-state index contributed by atoms with van der Waals surface area (Å²) in [6.07, 6.45) is 22.4. The van der Waals surface area contributed by atoms with Gasteiger partial charge in [-0.25, -0.2) is 9.59 Å². The molecule has 66 heavy (non-hydrogen) atoms. The van der Waals surface area contributed by atoms with Gasteiger partial charge in [-0.3, -0.25) is 9.59 Å². The summed E-state index contributed by atoms with van der Waals surface area (Å²) >= 11 is 13.5. The van der Waals surface area contributed by atoms with Crippen molar-refractivity contribution in [1.29, 1.82) is 0 Å². The maximum Gasteiger partial charge on any atom is 1.00 e. The summed E-state index contributed by atoms with van der Waals surface area (Å²) in [5.74, 6) is 1.87. The second kappa shape index (κ2) is 24.0. The topological polar surface area (TPSA) is 127 Å². The molecule has 0 spiro atoms. The van der Waals surface area contributed by atoms with E-state index in [1.165, 1.54) is 82.8 Å². The van der Waals surface area contributed by atoms with Crippen LogP contribution in [0.2, 0.25) is 10.0 Å². The van der Waals surface area contributed by atoms with Crippen LogP contribution < -0.4 is 39.0 Å². The van der Waals surface area contributed by atoms with Crippen LogP contribution in [0.15, 0.2) is 30.3 Å². The van der Waals surface area contributed by atoms with Crippen molar-refractivity contribution in [3.05, 3.63) is 62.6 Å². The molecule has 8 nitrogen and oxygen atoms in total. The summed E-state index contributed by atoms with van der Waals surface area (Å²) in [5.41, 5.74) is 1.60. The standard InChI is InChI=1S/C55H76Cl2O8.Na/c1-8-10-18-48(58)64-50-41(52(60)61)29-36(31-46(50)56)39(37-30-42(53(62)63)51(47(57)32-37)65-49(59)19-11-9-2)17-13-16-35-24-26-54(6)38(28-35)20-21-40-44-23-22-43(34(5)15-12-14-33(3)4)55(44,7)27-25-45(40)54;/h17,29-35,38,40,43-45H,8-16,18-28H2,1-7H3,(H,60,61)(H,62,63);/q;+1/t34?,35-,38-,40-,43+,44-,45-,54-,55+;/m0./s1. The van der Waals surface area contributed by atoms with E-state index < -0.39 is 23.9 Å². The zero-order chi connectivity index (χ0) is 47.2. The van der Waals surface area contributed by atoms with Gasteiger partial charge in [0.25, 0.3) is 0 Å². The zero-order valence-electron chi connectivity index (χ0n) is 41.2. The van der Waals surface area contributed by atoms with Gasteiger partial charge in [0, 0.05) is 12.8 Å². The van der Waals surface area contributed by atoms with Crippen LogP contribution in [0, 0.1) is 58.2 Å². The fourth-order valence-electron chi connectivity index (χ4n) is 13.5. The summed E-state index contributed by atoms with van der Waals surface area (Å²) in [5, 5.41) is 20.6. The summed E-state index contributed by atoms with van der Waals surface area (Å²) < 4.78 is 11.0. The number of unbranched alkanes of at least 4 members (excludes halogenated alkanes) is 2. The van der Waals surface area contributed by atoms with Crippen molar-refractivity contribution in [3.63, 3.8) is 0 Å². The third-order valence-corrected chi connectivity index (χ3v) is 17.5. The van der Waals surface area contributed by atoms with Crippen molar-refractivity contribution in [2.75, 3.05) is 0 Å². The minimum absolute atomic E-state index is 0. The minimum Gasteiger partial charge on any atom is -0.478 e. The molecule has 0 saturated heterocycles. The van der Waals surface area contributed by atoms with Gasteiger partial charge in [0.1, 0.15) is 11.1 Å². The fourth-order valence-corrected chi connectivity index (χ4v) is 14.0. The van der Waals surface area contributed by atoms with Crippen molar-refractivity contribution in [2.24, 2.45) is 58.2 Å². The molecule has 4 aliphatic rings. The minimum atomic E-state index is -1.33. The van der Waals surface area contributed by atoms with E-state index in [1.807, 2.05) is 19.9 Å². The van der Waals surface area contributed by atoms with Crippen LogP contribution >= 0.6 is 23.2 Å². The molecule has 9 atom stereocenters. The first kappa shape index (κ1) is 54.6. The first-order chi connectivity index (χ1) is 30.9. The second-order valence-corrected chi connectivity index (χ2v) is 22.3. The number of allylic oxidation sites excluding steroid dienone is 1. The molecular formula is C55H76Cl2NaO8+. The van der Waals surface area contributed by atoms with E-state index in [-0.39, 0.29) is 75.1 Å². The molecule has 0 aliphatic heterocycles. The van der Waals surface area contributed by atoms with Crippen molar-refractivity contribution in [1.82, 2.24) is 0 Å². The number of hydrogen-bond donors (Lipinski definition) is 2. The van der Waals surface area contributed by atoms with E-state index in [0.717, 1.165) is 61.2 Å². The van der Waals surface area contributed by atoms with E-state index in [1.54, 1.807) is 12.1 Å². The van der Waals surface area contributed by atoms with Gasteiger partial charge >= 0.3 is 53.4 Å². The number of esters is 2. The first-order valence-corrected chi connectivity index (χ1v) is 25.9. The molecule has 4 aliphatic carbocycles. The van der Waals surface area contributed by atoms with E-state index in [0.29, 0.717) is 58.6 Å². The Bertz CT molecular complexity index is 1990. The molecule has 11 heteroatoms. The van der Waals surface area contributed by atoms with Crippen LogP contribution in [0.1, 0.15) is 209 Å². The fraction of sp³-hybridized carbons (Fsp3) is 0.673. The van der Waals surface area contributed by atoms with Gasteiger partial charge in [0.2, 0.25) is 0 Å². The quantitative estimate of drug-likeness (QED) is 0.0763. The van der Waals surface area contributed by atoms with Gasteiger partial charge in [-0.15, -0.1) is 0 Å². The van der Waals surface area contributed by atoms with E-state index >= 15 is 0 Å². The Morgan fingerprint density at radius 1 is 0.727 bits per heavy atom. The molecule has 0 amide bonds. The molecular weight excluding hydrogens is 882 g/mol. The normalized spacial score (nSPS) is 27.1. The number of fused-ring (bicyclic) bond motifs is 5. The first-order valence-electron chi connectivity index (χ1n) is 25.2. The van der Waals surface area contributed by atoms with Gasteiger partial charge in [-0.1, -0.05) is 110 Å². The van der Waals surface area contributed by atoms with Crippen molar-refractivity contribution in [3.8, 4) is 11.5 Å². The Kier molecular flexibility index (Phi) is 19.8. The molecule has 1 unspecified atom stereocenters. The summed E-state index contributed by atoms with van der Waals surface area (Å²) in [4.78, 5) is 50.7. The van der Waals surface area contributed by atoms with E-state index in [4.69, 9.17) is 32.7 Å². The predicted octanol–water partition coefficient (Wildman–Crippen LogP) is 12.5. The number of aromatic carboxylic acids is 2. The number of benzene rings is 2. The number of ether oxygens (including phenoxy) is 2. The van der Waals surface area contributed by atoms with E-state index in [9.17, 15) is 29.4 Å². The van der Waals surface area contributed by atoms with E-state index in [2.05, 4.69) is 34.6 Å². The Balaban J connectivity index is 0.00000817. The maximum atomic E-state index is 12.7. The molecule has 0 bridgehead atoms. The van der Waals surface area contributed by atoms with Crippen LogP contribution in [-0.2, 0) is 9.59 Å². The smallest absolute Gasteiger partial charge is 0.478 e. The number of carbonyl (C=O) groups excluding carboxylic acids is 2. The Hall–Kier alpha value is -2.36. The number of rotatable bonds is 20. The predicted molar refractivity (Wildman–Crippen MR) is 260 cm³/mol. The third kappa shape index (κ3) is 12.3. The molecule has 6 rings (SSSR count). The molecule has 0 radical (unpaired) electrons. The maximum absolute atomic E-state index is 12.7. The number of halogens is 2. The number of carboxylic acid groups (broad SMARTS) is 2. The van der Waals surface area contributed by atoms with Crippen LogP contribution in [0.25, 0.3) is 5.57 Å². The molecule has 2 aromatic carbocycles. The van der Waals surface area contributed by atoms with Crippen molar-refractivity contribution < 1.29 is 68.4 Å². The van der Waals surface area contributed by atoms with Gasteiger partial charge in [0.05, 0.1) is 10.0 Å². The van der Waals surface area contributed by atoms with Gasteiger partial charge < -0.3 is 19.7 Å². The molecule has 4 saturated carbocycles. The van der Waals surface area contributed by atoms with Crippen molar-refractivity contribution >= 4 is 52.7 Å². The second-order valence-electron chi connectivity index (χ2n) is 21.5. The molecule has 0 heterocycles. The summed E-state index contributed by atoms with van der Waals surface area (Å²) in [6, 6.07) is 5.93. The third-order valence-electron chi connectivity index (χ3n) is 17.0. The Morgan fingerprint density at radius 3 is 1.80 bits per heavy atom. The Morgan fingerprint density at radius 2 is 1.27 bits per heavy atom. The average Bonchev–Trinajstić information content (AvgIpc) is 3.62. The summed E-state index contributed by atoms with van der Waals surface area (Å²) in [6.45, 7) is 16.5. The number of carbonyl (C=O) groups is 4. The largest absolute Gasteiger partial charge is 1.00 e. The zero-order valence-corrected chi connectivity index (χ0v) is 44.8. The van der Waals surface area contributed by atoms with Gasteiger partial charge in [-0.2, -0.15) is 0 Å². The molecule has 4 fully saturated rings. The molecule has 0 aromatic heterocycles. The van der Waals surface area contributed by atoms with Crippen LogP contribution in [0.4, 0.5) is 0 Å². The SMILES string of the molecule is CCCCC(=O)Oc1c(Cl)cc(C(=CCC[C@H]2CC[C@@]3(C)[C@@H](CC[C@@H]4[C@@H]3CC[C@]3(C)[C@@H](C(C)CCCC(C)C)CC[C@@H]43)C2)c2cc(Cl)c(OC(=O)CCCC)c(C(=O)O)c2)cc1C(=O)O.[Na+]. The van der Waals surface area contributed by atoms with Gasteiger partial charge in [0.15, 0.2) is 11.5 Å². The molecule has 358 valence electrons. The van der Waals surface area contributed by atoms with Crippen LogP contribution in [0.3, 0.4) is 0 Å². The van der Waals surface area contributed by atoms with Gasteiger partial charge in [-0.05, 0) is 183 Å². The van der Waals surface area contributed by atoms with Crippen LogP contribution in [0.5, 0.6) is 11.5 Å².